The Morgan fingerprint density at radius 1 is 1.37 bits per heavy atom. The number of aromatic nitrogens is 3. The second-order valence-corrected chi connectivity index (χ2v) is 4.79. The van der Waals surface area contributed by atoms with Gasteiger partial charge in [0.05, 0.1) is 12.2 Å². The van der Waals surface area contributed by atoms with Crippen LogP contribution >= 0.6 is 11.6 Å². The van der Waals surface area contributed by atoms with E-state index in [4.69, 9.17) is 11.6 Å². The first-order valence-electron chi connectivity index (χ1n) is 5.92. The summed E-state index contributed by atoms with van der Waals surface area (Å²) in [5.74, 6) is -0.277. The van der Waals surface area contributed by atoms with Crippen molar-refractivity contribution >= 4 is 23.2 Å². The van der Waals surface area contributed by atoms with Crippen LogP contribution in [0, 0.1) is 0 Å². The maximum Gasteiger partial charge on any atom is 0.277 e. The number of nitrogens with zero attached hydrogens (tertiary/aromatic N) is 3. The molecule has 0 saturated carbocycles. The molecule has 0 atom stereocenters. The fourth-order valence-electron chi connectivity index (χ4n) is 1.75. The zero-order valence-corrected chi connectivity index (χ0v) is 10.8. The minimum Gasteiger partial charge on any atom is -0.321 e. The van der Waals surface area contributed by atoms with E-state index in [1.165, 1.54) is 0 Å². The van der Waals surface area contributed by atoms with Gasteiger partial charge < -0.3 is 10.6 Å². The maximum absolute atomic E-state index is 12.0. The van der Waals surface area contributed by atoms with E-state index >= 15 is 0 Å². The van der Waals surface area contributed by atoms with Gasteiger partial charge in [-0.2, -0.15) is 0 Å². The van der Waals surface area contributed by atoms with E-state index in [2.05, 4.69) is 20.9 Å². The Balaban J connectivity index is 1.69. The van der Waals surface area contributed by atoms with E-state index < -0.39 is 0 Å². The van der Waals surface area contributed by atoms with Crippen molar-refractivity contribution in [1.82, 2.24) is 20.3 Å². The van der Waals surface area contributed by atoms with E-state index in [1.54, 1.807) is 35.1 Å². The van der Waals surface area contributed by atoms with Crippen LogP contribution in [-0.2, 0) is 0 Å². The first-order chi connectivity index (χ1) is 9.22. The average Bonchev–Trinajstić information content (AvgIpc) is 2.79. The Morgan fingerprint density at radius 2 is 2.11 bits per heavy atom. The second-order valence-electron chi connectivity index (χ2n) is 4.36. The summed E-state index contributed by atoms with van der Waals surface area (Å²) in [6, 6.07) is 7.20. The lowest BCUT2D eigenvalue weighted by Crippen LogP contribution is -2.43. The average molecular weight is 278 g/mol. The molecule has 1 saturated heterocycles. The van der Waals surface area contributed by atoms with Crippen molar-refractivity contribution in [3.05, 3.63) is 41.2 Å². The number of carbonyl (C=O) groups is 1. The van der Waals surface area contributed by atoms with Gasteiger partial charge in [-0.15, -0.1) is 5.10 Å². The molecule has 2 heterocycles. The van der Waals surface area contributed by atoms with E-state index in [9.17, 15) is 4.79 Å². The summed E-state index contributed by atoms with van der Waals surface area (Å²) >= 11 is 5.78. The fourth-order valence-corrected chi connectivity index (χ4v) is 1.87. The molecule has 19 heavy (non-hydrogen) atoms. The minimum atomic E-state index is -0.277. The van der Waals surface area contributed by atoms with Crippen molar-refractivity contribution in [2.45, 2.75) is 6.04 Å². The summed E-state index contributed by atoms with van der Waals surface area (Å²) in [6.07, 6.45) is 1.66. The van der Waals surface area contributed by atoms with Gasteiger partial charge in [-0.3, -0.25) is 4.79 Å². The molecule has 1 aliphatic heterocycles. The van der Waals surface area contributed by atoms with Gasteiger partial charge in [0, 0.05) is 23.8 Å². The summed E-state index contributed by atoms with van der Waals surface area (Å²) in [6.45, 7) is 1.73. The van der Waals surface area contributed by atoms with Crippen LogP contribution < -0.4 is 10.6 Å². The van der Waals surface area contributed by atoms with Gasteiger partial charge in [0.1, 0.15) is 0 Å². The molecule has 1 amide bonds. The Bertz CT molecular complexity index is 590. The molecule has 0 unspecified atom stereocenters. The van der Waals surface area contributed by atoms with Gasteiger partial charge in [-0.25, -0.2) is 4.68 Å². The van der Waals surface area contributed by atoms with Crippen molar-refractivity contribution in [2.75, 3.05) is 18.4 Å². The summed E-state index contributed by atoms with van der Waals surface area (Å²) in [7, 11) is 0. The highest BCUT2D eigenvalue weighted by Gasteiger charge is 2.21. The molecular weight excluding hydrogens is 266 g/mol. The third kappa shape index (κ3) is 2.59. The lowest BCUT2D eigenvalue weighted by Gasteiger charge is -2.26. The van der Waals surface area contributed by atoms with Crippen LogP contribution in [-0.4, -0.2) is 34.0 Å². The Kier molecular flexibility index (Phi) is 3.18. The van der Waals surface area contributed by atoms with Crippen molar-refractivity contribution < 1.29 is 4.79 Å². The van der Waals surface area contributed by atoms with Crippen LogP contribution in [0.4, 0.5) is 5.69 Å². The molecule has 0 radical (unpaired) electrons. The van der Waals surface area contributed by atoms with Crippen LogP contribution in [0.1, 0.15) is 16.5 Å². The summed E-state index contributed by atoms with van der Waals surface area (Å²) in [5, 5.41) is 14.4. The SMILES string of the molecule is O=C(Nc1ccc(Cl)cc1)c1cn(C2CNC2)nn1. The molecule has 0 bridgehead atoms. The molecule has 1 fully saturated rings. The molecule has 1 aromatic heterocycles. The van der Waals surface area contributed by atoms with E-state index in [0.29, 0.717) is 22.4 Å². The summed E-state index contributed by atoms with van der Waals surface area (Å²) in [4.78, 5) is 12.0. The molecule has 1 aromatic carbocycles. The van der Waals surface area contributed by atoms with Crippen molar-refractivity contribution in [3.63, 3.8) is 0 Å². The predicted molar refractivity (Wildman–Crippen MR) is 71.3 cm³/mol. The third-order valence-corrected chi connectivity index (χ3v) is 3.23. The minimum absolute atomic E-state index is 0.277. The molecule has 98 valence electrons. The molecule has 6 nitrogen and oxygen atoms in total. The molecule has 3 rings (SSSR count). The quantitative estimate of drug-likeness (QED) is 0.888. The van der Waals surface area contributed by atoms with Gasteiger partial charge in [-0.1, -0.05) is 16.8 Å². The number of rotatable bonds is 3. The monoisotopic (exact) mass is 277 g/mol. The van der Waals surface area contributed by atoms with E-state index in [-0.39, 0.29) is 5.91 Å². The summed E-state index contributed by atoms with van der Waals surface area (Å²) in [5.41, 5.74) is 0.983. The molecule has 0 aliphatic carbocycles. The van der Waals surface area contributed by atoms with E-state index in [1.807, 2.05) is 0 Å². The van der Waals surface area contributed by atoms with Gasteiger partial charge >= 0.3 is 0 Å². The molecule has 7 heteroatoms. The molecule has 2 aromatic rings. The number of carbonyl (C=O) groups excluding carboxylic acids is 1. The number of anilines is 1. The van der Waals surface area contributed by atoms with Gasteiger partial charge in [0.2, 0.25) is 0 Å². The topological polar surface area (TPSA) is 71.8 Å². The smallest absolute Gasteiger partial charge is 0.277 e. The standard InChI is InChI=1S/C12H12ClN5O/c13-8-1-3-9(4-2-8)15-12(19)11-7-18(17-16-11)10-5-14-6-10/h1-4,7,10,14H,5-6H2,(H,15,19). The Hall–Kier alpha value is -1.92. The lowest BCUT2D eigenvalue weighted by molar-refractivity contribution is 0.102. The lowest BCUT2D eigenvalue weighted by atomic mass is 10.2. The maximum atomic E-state index is 12.0. The number of nitrogens with one attached hydrogen (secondary N) is 2. The predicted octanol–water partition coefficient (Wildman–Crippen LogP) is 1.33. The van der Waals surface area contributed by atoms with Crippen LogP contribution in [0.2, 0.25) is 5.02 Å². The number of benzene rings is 1. The van der Waals surface area contributed by atoms with Crippen LogP contribution in [0.15, 0.2) is 30.5 Å². The first kappa shape index (κ1) is 12.1. The molecular formula is C12H12ClN5O. The summed E-state index contributed by atoms with van der Waals surface area (Å²) < 4.78 is 1.72. The third-order valence-electron chi connectivity index (χ3n) is 2.98. The number of hydrogen-bond acceptors (Lipinski definition) is 4. The highest BCUT2D eigenvalue weighted by atomic mass is 35.5. The largest absolute Gasteiger partial charge is 0.321 e. The highest BCUT2D eigenvalue weighted by Crippen LogP contribution is 2.15. The zero-order chi connectivity index (χ0) is 13.2. The van der Waals surface area contributed by atoms with Crippen molar-refractivity contribution in [2.24, 2.45) is 0 Å². The van der Waals surface area contributed by atoms with Crippen molar-refractivity contribution in [3.8, 4) is 0 Å². The van der Waals surface area contributed by atoms with Crippen LogP contribution in [0.3, 0.4) is 0 Å². The number of amides is 1. The van der Waals surface area contributed by atoms with Gasteiger partial charge in [0.25, 0.3) is 5.91 Å². The number of halogens is 1. The second kappa shape index (κ2) is 4.99. The zero-order valence-electron chi connectivity index (χ0n) is 10.0. The van der Waals surface area contributed by atoms with Gasteiger partial charge in [-0.05, 0) is 24.3 Å². The molecule has 1 aliphatic rings. The molecule has 0 spiro atoms. The first-order valence-corrected chi connectivity index (χ1v) is 6.29. The Morgan fingerprint density at radius 3 is 2.74 bits per heavy atom. The van der Waals surface area contributed by atoms with E-state index in [0.717, 1.165) is 13.1 Å². The van der Waals surface area contributed by atoms with Crippen LogP contribution in [0.5, 0.6) is 0 Å². The van der Waals surface area contributed by atoms with Crippen molar-refractivity contribution in [1.29, 1.82) is 0 Å². The molecule has 2 N–H and O–H groups in total. The fraction of sp³-hybridized carbons (Fsp3) is 0.250. The number of hydrogen-bond donors (Lipinski definition) is 2. The highest BCUT2D eigenvalue weighted by molar-refractivity contribution is 6.30. The Labute approximate surface area is 114 Å². The van der Waals surface area contributed by atoms with Gasteiger partial charge in [0.15, 0.2) is 5.69 Å². The van der Waals surface area contributed by atoms with Crippen LogP contribution in [0.25, 0.3) is 0 Å². The normalized spacial score (nSPS) is 15.0.